The summed E-state index contributed by atoms with van der Waals surface area (Å²) in [7, 11) is 0. The minimum absolute atomic E-state index is 0.197. The van der Waals surface area contributed by atoms with Crippen LogP contribution in [0.15, 0.2) is 46.9 Å². The number of aliphatic carboxylic acids is 1. The molecule has 1 atom stereocenters. The maximum atomic E-state index is 12.9. The summed E-state index contributed by atoms with van der Waals surface area (Å²) in [6, 6.07) is 8.61. The number of imide groups is 1. The number of allylic oxidation sites excluding steroid dienone is 2. The molecule has 0 spiro atoms. The Balaban J connectivity index is 1.77. The van der Waals surface area contributed by atoms with E-state index in [1.807, 2.05) is 43.3 Å². The number of carboxylic acids is 1. The molecule has 0 aromatic heterocycles. The maximum Gasteiger partial charge on any atom is 0.305 e. The van der Waals surface area contributed by atoms with E-state index in [0.717, 1.165) is 27.8 Å². The Bertz CT molecular complexity index is 955. The van der Waals surface area contributed by atoms with E-state index >= 15 is 0 Å². The van der Waals surface area contributed by atoms with Crippen LogP contribution in [-0.2, 0) is 19.2 Å². The second-order valence-electron chi connectivity index (χ2n) is 6.60. The number of thiocarbonyl (C=S) groups is 1. The van der Waals surface area contributed by atoms with Crippen LogP contribution in [0.5, 0.6) is 0 Å². The zero-order chi connectivity index (χ0) is 21.1. The molecule has 1 N–H and O–H groups in total. The van der Waals surface area contributed by atoms with Crippen LogP contribution in [0.1, 0.15) is 25.3 Å². The molecule has 0 saturated carbocycles. The molecular formula is C20H18N2O5S2. The van der Waals surface area contributed by atoms with Gasteiger partial charge in [0.1, 0.15) is 10.4 Å². The van der Waals surface area contributed by atoms with Crippen molar-refractivity contribution in [3.05, 3.63) is 52.4 Å². The summed E-state index contributed by atoms with van der Waals surface area (Å²) in [5.41, 5.74) is 1.83. The second-order valence-corrected chi connectivity index (χ2v) is 8.27. The molecule has 150 valence electrons. The number of carboxylic acid groups (broad SMARTS) is 1. The van der Waals surface area contributed by atoms with Crippen LogP contribution in [0.25, 0.3) is 6.08 Å². The normalized spacial score (nSPS) is 21.6. The number of amides is 3. The zero-order valence-corrected chi connectivity index (χ0v) is 17.2. The first kappa shape index (κ1) is 20.9. The number of likely N-dealkylation sites (tertiary alicyclic amines) is 1. The van der Waals surface area contributed by atoms with E-state index in [4.69, 9.17) is 17.3 Å². The standard InChI is InChI=1S/C20H18N2O5S2/c1-12(9-13-5-3-2-4-6-13)10-15-19(27)22(20(28)29-15)14-11-16(23)21(18(14)26)8-7-17(24)25/h2-6,9-10,14H,7-8,11H2,1H3,(H,24,25)/b12-9+,15-10-/t14-/m1/s1. The summed E-state index contributed by atoms with van der Waals surface area (Å²) in [6.45, 7) is 1.64. The molecule has 2 saturated heterocycles. The van der Waals surface area contributed by atoms with Gasteiger partial charge < -0.3 is 5.11 Å². The number of nitrogens with zero attached hydrogens (tertiary/aromatic N) is 2. The molecule has 1 aromatic rings. The Morgan fingerprint density at radius 1 is 1.28 bits per heavy atom. The van der Waals surface area contributed by atoms with Crippen molar-refractivity contribution in [1.29, 1.82) is 0 Å². The van der Waals surface area contributed by atoms with Crippen molar-refractivity contribution in [2.45, 2.75) is 25.8 Å². The molecule has 9 heteroatoms. The van der Waals surface area contributed by atoms with Gasteiger partial charge in [0.2, 0.25) is 5.91 Å². The molecule has 1 aromatic carbocycles. The summed E-state index contributed by atoms with van der Waals surface area (Å²) < 4.78 is 0.208. The van der Waals surface area contributed by atoms with Gasteiger partial charge in [-0.1, -0.05) is 60.4 Å². The molecule has 0 aliphatic carbocycles. The number of thioether (sulfide) groups is 1. The zero-order valence-electron chi connectivity index (χ0n) is 15.5. The van der Waals surface area contributed by atoms with Gasteiger partial charge >= 0.3 is 5.97 Å². The Hall–Kier alpha value is -2.78. The lowest BCUT2D eigenvalue weighted by Gasteiger charge is -2.21. The highest BCUT2D eigenvalue weighted by Crippen LogP contribution is 2.36. The first-order valence-corrected chi connectivity index (χ1v) is 10.1. The van der Waals surface area contributed by atoms with E-state index < -0.39 is 29.7 Å². The van der Waals surface area contributed by atoms with Crippen molar-refractivity contribution in [2.75, 3.05) is 6.54 Å². The Labute approximate surface area is 177 Å². The van der Waals surface area contributed by atoms with Crippen LogP contribution in [0.4, 0.5) is 0 Å². The molecule has 2 heterocycles. The molecule has 0 unspecified atom stereocenters. The van der Waals surface area contributed by atoms with Gasteiger partial charge in [0.15, 0.2) is 0 Å². The maximum absolute atomic E-state index is 12.9. The van der Waals surface area contributed by atoms with Gasteiger partial charge in [-0.15, -0.1) is 0 Å². The van der Waals surface area contributed by atoms with Crippen LogP contribution in [-0.4, -0.2) is 55.5 Å². The third-order valence-electron chi connectivity index (χ3n) is 4.46. The Morgan fingerprint density at radius 2 is 1.97 bits per heavy atom. The molecule has 3 amide bonds. The Kier molecular flexibility index (Phi) is 6.29. The highest BCUT2D eigenvalue weighted by molar-refractivity contribution is 8.26. The summed E-state index contributed by atoms with van der Waals surface area (Å²) in [6.07, 6.45) is 3.09. The number of rotatable bonds is 6. The molecule has 0 bridgehead atoms. The summed E-state index contributed by atoms with van der Waals surface area (Å²) in [4.78, 5) is 50.8. The number of hydrogen-bond donors (Lipinski definition) is 1. The molecular weight excluding hydrogens is 412 g/mol. The van der Waals surface area contributed by atoms with E-state index in [9.17, 15) is 19.2 Å². The SMILES string of the molecule is CC(/C=C1\SC(=S)N([C@@H]2CC(=O)N(CCC(=O)O)C2=O)C1=O)=C\c1ccccc1. The van der Waals surface area contributed by atoms with Gasteiger partial charge in [-0.2, -0.15) is 0 Å². The van der Waals surface area contributed by atoms with Gasteiger partial charge in [0.05, 0.1) is 17.7 Å². The quantitative estimate of drug-likeness (QED) is 0.421. The molecule has 29 heavy (non-hydrogen) atoms. The highest BCUT2D eigenvalue weighted by Gasteiger charge is 2.48. The highest BCUT2D eigenvalue weighted by atomic mass is 32.2. The van der Waals surface area contributed by atoms with Crippen LogP contribution in [0.3, 0.4) is 0 Å². The summed E-state index contributed by atoms with van der Waals surface area (Å²) in [5.74, 6) is -2.62. The predicted octanol–water partition coefficient (Wildman–Crippen LogP) is 2.44. The average molecular weight is 431 g/mol. The van der Waals surface area contributed by atoms with Crippen LogP contribution in [0.2, 0.25) is 0 Å². The van der Waals surface area contributed by atoms with Crippen molar-refractivity contribution in [2.24, 2.45) is 0 Å². The largest absolute Gasteiger partial charge is 0.481 e. The smallest absolute Gasteiger partial charge is 0.305 e. The van der Waals surface area contributed by atoms with Crippen molar-refractivity contribution in [1.82, 2.24) is 9.80 Å². The molecule has 2 fully saturated rings. The molecule has 3 rings (SSSR count). The van der Waals surface area contributed by atoms with Crippen molar-refractivity contribution < 1.29 is 24.3 Å². The lowest BCUT2D eigenvalue weighted by Crippen LogP contribution is -2.44. The van der Waals surface area contributed by atoms with Crippen molar-refractivity contribution in [3.63, 3.8) is 0 Å². The van der Waals surface area contributed by atoms with Crippen molar-refractivity contribution in [3.8, 4) is 0 Å². The van der Waals surface area contributed by atoms with Gasteiger partial charge in [0.25, 0.3) is 11.8 Å². The van der Waals surface area contributed by atoms with E-state index in [0.29, 0.717) is 4.91 Å². The fraction of sp³-hybridized carbons (Fsp3) is 0.250. The molecule has 0 radical (unpaired) electrons. The fourth-order valence-corrected chi connectivity index (χ4v) is 4.53. The lowest BCUT2D eigenvalue weighted by molar-refractivity contribution is -0.142. The van der Waals surface area contributed by atoms with Crippen LogP contribution >= 0.6 is 24.0 Å². The third kappa shape index (κ3) is 4.63. The topological polar surface area (TPSA) is 95.0 Å². The fourth-order valence-electron chi connectivity index (χ4n) is 3.12. The average Bonchev–Trinajstić information content (AvgIpc) is 3.08. The Morgan fingerprint density at radius 3 is 2.62 bits per heavy atom. The van der Waals surface area contributed by atoms with Crippen molar-refractivity contribution >= 4 is 58.1 Å². The predicted molar refractivity (Wildman–Crippen MR) is 113 cm³/mol. The van der Waals surface area contributed by atoms with Gasteiger partial charge in [-0.25, -0.2) is 0 Å². The van der Waals surface area contributed by atoms with Gasteiger partial charge in [0, 0.05) is 6.54 Å². The number of carbonyl (C=O) groups is 4. The number of benzene rings is 1. The summed E-state index contributed by atoms with van der Waals surface area (Å²) >= 11 is 6.36. The van der Waals surface area contributed by atoms with E-state index in [1.54, 1.807) is 6.08 Å². The molecule has 7 nitrogen and oxygen atoms in total. The first-order chi connectivity index (χ1) is 13.8. The molecule has 2 aliphatic heterocycles. The molecule has 2 aliphatic rings. The number of carbonyl (C=O) groups excluding carboxylic acids is 3. The van der Waals surface area contributed by atoms with Crippen LogP contribution in [0, 0.1) is 0 Å². The van der Waals surface area contributed by atoms with Crippen LogP contribution < -0.4 is 0 Å². The van der Waals surface area contributed by atoms with Gasteiger partial charge in [-0.05, 0) is 24.1 Å². The van der Waals surface area contributed by atoms with E-state index in [1.165, 1.54) is 4.90 Å². The second kappa shape index (κ2) is 8.71. The lowest BCUT2D eigenvalue weighted by atomic mass is 10.1. The van der Waals surface area contributed by atoms with E-state index in [2.05, 4.69) is 0 Å². The van der Waals surface area contributed by atoms with Gasteiger partial charge in [-0.3, -0.25) is 29.0 Å². The third-order valence-corrected chi connectivity index (χ3v) is 5.79. The minimum Gasteiger partial charge on any atom is -0.481 e. The van der Waals surface area contributed by atoms with E-state index in [-0.39, 0.29) is 23.7 Å². The summed E-state index contributed by atoms with van der Waals surface area (Å²) in [5, 5.41) is 8.78. The number of hydrogen-bond acceptors (Lipinski definition) is 6. The first-order valence-electron chi connectivity index (χ1n) is 8.84. The minimum atomic E-state index is -1.11. The monoisotopic (exact) mass is 430 g/mol.